The Kier molecular flexibility index (Phi) is 6.65. The molecule has 0 bridgehead atoms. The van der Waals surface area contributed by atoms with Crippen LogP contribution in [0.4, 0.5) is 0 Å². The van der Waals surface area contributed by atoms with Crippen molar-refractivity contribution < 1.29 is 14.6 Å². The maximum Gasteiger partial charge on any atom is 0.220 e. The molecule has 0 aliphatic carbocycles. The van der Waals surface area contributed by atoms with Gasteiger partial charge in [-0.15, -0.1) is 0 Å². The predicted molar refractivity (Wildman–Crippen MR) is 71.3 cm³/mol. The number of amides is 1. The van der Waals surface area contributed by atoms with Crippen molar-refractivity contribution in [2.45, 2.75) is 58.0 Å². The van der Waals surface area contributed by atoms with Crippen LogP contribution in [0.2, 0.25) is 0 Å². The second-order valence-corrected chi connectivity index (χ2v) is 5.42. The summed E-state index contributed by atoms with van der Waals surface area (Å²) < 4.78 is 5.15. The molecular formula is C14H27NO3. The minimum absolute atomic E-state index is 0.0540. The molecule has 0 aromatic heterocycles. The van der Waals surface area contributed by atoms with Crippen molar-refractivity contribution in [3.63, 3.8) is 0 Å². The van der Waals surface area contributed by atoms with Gasteiger partial charge in [0, 0.05) is 26.0 Å². The maximum atomic E-state index is 11.8. The second-order valence-electron chi connectivity index (χ2n) is 5.42. The van der Waals surface area contributed by atoms with Gasteiger partial charge < -0.3 is 15.2 Å². The first-order valence-corrected chi connectivity index (χ1v) is 7.16. The highest BCUT2D eigenvalue weighted by Crippen LogP contribution is 2.18. The molecule has 1 fully saturated rings. The van der Waals surface area contributed by atoms with Gasteiger partial charge in [-0.1, -0.05) is 33.1 Å². The van der Waals surface area contributed by atoms with Gasteiger partial charge in [-0.3, -0.25) is 4.79 Å². The molecule has 1 rings (SSSR count). The Morgan fingerprint density at radius 1 is 1.50 bits per heavy atom. The monoisotopic (exact) mass is 257 g/mol. The summed E-state index contributed by atoms with van der Waals surface area (Å²) in [6.45, 7) is 5.53. The van der Waals surface area contributed by atoms with Crippen LogP contribution in [0.15, 0.2) is 0 Å². The van der Waals surface area contributed by atoms with Crippen LogP contribution in [0.25, 0.3) is 0 Å². The molecule has 1 heterocycles. The predicted octanol–water partition coefficient (Wildman–Crippen LogP) is 1.86. The van der Waals surface area contributed by atoms with Gasteiger partial charge in [0.2, 0.25) is 5.91 Å². The lowest BCUT2D eigenvalue weighted by Gasteiger charge is -2.21. The van der Waals surface area contributed by atoms with E-state index in [2.05, 4.69) is 19.2 Å². The number of hydrogen-bond donors (Lipinski definition) is 2. The van der Waals surface area contributed by atoms with Crippen LogP contribution in [0.5, 0.6) is 0 Å². The lowest BCUT2D eigenvalue weighted by Crippen LogP contribution is -2.43. The van der Waals surface area contributed by atoms with Crippen molar-refractivity contribution >= 4 is 5.91 Å². The van der Waals surface area contributed by atoms with E-state index in [4.69, 9.17) is 4.74 Å². The first-order valence-electron chi connectivity index (χ1n) is 7.16. The van der Waals surface area contributed by atoms with Gasteiger partial charge in [-0.2, -0.15) is 0 Å². The van der Waals surface area contributed by atoms with E-state index in [1.54, 1.807) is 0 Å². The van der Waals surface area contributed by atoms with Crippen LogP contribution >= 0.6 is 0 Å². The molecule has 1 amide bonds. The van der Waals surface area contributed by atoms with E-state index in [1.165, 1.54) is 12.8 Å². The van der Waals surface area contributed by atoms with E-state index in [-0.39, 0.29) is 5.91 Å². The number of nitrogens with one attached hydrogen (secondary N) is 1. The molecule has 2 N–H and O–H groups in total. The number of carbonyl (C=O) groups is 1. The topological polar surface area (TPSA) is 58.6 Å². The summed E-state index contributed by atoms with van der Waals surface area (Å²) in [6, 6.07) is 0. The van der Waals surface area contributed by atoms with E-state index in [0.29, 0.717) is 38.5 Å². The molecule has 4 heteroatoms. The number of aliphatic hydroxyl groups is 1. The van der Waals surface area contributed by atoms with Gasteiger partial charge in [0.15, 0.2) is 0 Å². The highest BCUT2D eigenvalue weighted by molar-refractivity contribution is 5.76. The molecule has 106 valence electrons. The van der Waals surface area contributed by atoms with Gasteiger partial charge in [0.25, 0.3) is 0 Å². The standard InChI is InChI=1S/C14H27NO3/c1-3-5-6-12(4-2)9-13(16)15-10-14(17)7-8-18-11-14/h12,17H,3-11H2,1-2H3,(H,15,16)/t12-,14-/m0/s1. The van der Waals surface area contributed by atoms with Crippen molar-refractivity contribution in [2.24, 2.45) is 5.92 Å². The number of carbonyl (C=O) groups excluding carboxylic acids is 1. The fraction of sp³-hybridized carbons (Fsp3) is 0.929. The average Bonchev–Trinajstić information content (AvgIpc) is 2.79. The van der Waals surface area contributed by atoms with Crippen LogP contribution in [-0.2, 0) is 9.53 Å². The summed E-state index contributed by atoms with van der Waals surface area (Å²) in [5.74, 6) is 0.526. The average molecular weight is 257 g/mol. The molecule has 2 atom stereocenters. The summed E-state index contributed by atoms with van der Waals surface area (Å²) in [7, 11) is 0. The molecule has 0 saturated carbocycles. The lowest BCUT2D eigenvalue weighted by atomic mass is 9.95. The zero-order valence-corrected chi connectivity index (χ0v) is 11.7. The normalized spacial score (nSPS) is 25.1. The van der Waals surface area contributed by atoms with E-state index in [9.17, 15) is 9.90 Å². The first-order chi connectivity index (χ1) is 8.59. The van der Waals surface area contributed by atoms with E-state index in [0.717, 1.165) is 12.8 Å². The number of hydrogen-bond acceptors (Lipinski definition) is 3. The third kappa shape index (κ3) is 5.36. The Hall–Kier alpha value is -0.610. The molecule has 18 heavy (non-hydrogen) atoms. The molecular weight excluding hydrogens is 230 g/mol. The minimum atomic E-state index is -0.846. The SMILES string of the molecule is CCCC[C@H](CC)CC(=O)NC[C@@]1(O)CCOC1. The van der Waals surface area contributed by atoms with Crippen molar-refractivity contribution in [3.8, 4) is 0 Å². The third-order valence-electron chi connectivity index (χ3n) is 3.71. The maximum absolute atomic E-state index is 11.8. The summed E-state index contributed by atoms with van der Waals surface area (Å²) in [5, 5.41) is 12.9. The largest absolute Gasteiger partial charge is 0.386 e. The summed E-state index contributed by atoms with van der Waals surface area (Å²) in [5.41, 5.74) is -0.846. The molecule has 0 unspecified atom stereocenters. The van der Waals surface area contributed by atoms with Crippen molar-refractivity contribution in [3.05, 3.63) is 0 Å². The van der Waals surface area contributed by atoms with Crippen molar-refractivity contribution in [1.29, 1.82) is 0 Å². The molecule has 0 aromatic rings. The third-order valence-corrected chi connectivity index (χ3v) is 3.71. The highest BCUT2D eigenvalue weighted by Gasteiger charge is 2.32. The van der Waals surface area contributed by atoms with Gasteiger partial charge >= 0.3 is 0 Å². The number of rotatable bonds is 8. The van der Waals surface area contributed by atoms with Gasteiger partial charge in [-0.05, 0) is 12.3 Å². The summed E-state index contributed by atoms with van der Waals surface area (Å²) in [4.78, 5) is 11.8. The molecule has 4 nitrogen and oxygen atoms in total. The van der Waals surface area contributed by atoms with Crippen LogP contribution < -0.4 is 5.32 Å². The Balaban J connectivity index is 2.23. The van der Waals surface area contributed by atoms with E-state index in [1.807, 2.05) is 0 Å². The molecule has 0 radical (unpaired) electrons. The van der Waals surface area contributed by atoms with Crippen molar-refractivity contribution in [1.82, 2.24) is 5.32 Å². The smallest absolute Gasteiger partial charge is 0.220 e. The molecule has 0 spiro atoms. The molecule has 0 aromatic carbocycles. The second kappa shape index (κ2) is 7.74. The Morgan fingerprint density at radius 2 is 2.28 bits per heavy atom. The molecule has 1 aliphatic heterocycles. The quantitative estimate of drug-likeness (QED) is 0.698. The fourth-order valence-electron chi connectivity index (χ4n) is 2.28. The van der Waals surface area contributed by atoms with Crippen LogP contribution in [-0.4, -0.2) is 36.4 Å². The lowest BCUT2D eigenvalue weighted by molar-refractivity contribution is -0.123. The number of ether oxygens (including phenoxy) is 1. The molecule has 1 aliphatic rings. The zero-order valence-electron chi connectivity index (χ0n) is 11.7. The van der Waals surface area contributed by atoms with Crippen molar-refractivity contribution in [2.75, 3.05) is 19.8 Å². The minimum Gasteiger partial charge on any atom is -0.386 e. The highest BCUT2D eigenvalue weighted by atomic mass is 16.5. The first kappa shape index (κ1) is 15.4. The van der Waals surface area contributed by atoms with Gasteiger partial charge in [0.1, 0.15) is 5.60 Å². The molecule has 1 saturated heterocycles. The van der Waals surface area contributed by atoms with Crippen LogP contribution in [0.3, 0.4) is 0 Å². The Morgan fingerprint density at radius 3 is 2.83 bits per heavy atom. The van der Waals surface area contributed by atoms with Gasteiger partial charge in [-0.25, -0.2) is 0 Å². The zero-order chi connectivity index (χ0) is 13.4. The Bertz CT molecular complexity index is 249. The Labute approximate surface area is 110 Å². The summed E-state index contributed by atoms with van der Waals surface area (Å²) in [6.07, 6.45) is 5.71. The number of unbranched alkanes of at least 4 members (excludes halogenated alkanes) is 1. The van der Waals surface area contributed by atoms with E-state index < -0.39 is 5.60 Å². The fourth-order valence-corrected chi connectivity index (χ4v) is 2.28. The van der Waals surface area contributed by atoms with Crippen LogP contribution in [0.1, 0.15) is 52.4 Å². The summed E-state index contributed by atoms with van der Waals surface area (Å²) >= 11 is 0. The van der Waals surface area contributed by atoms with E-state index >= 15 is 0 Å². The van der Waals surface area contributed by atoms with Crippen LogP contribution in [0, 0.1) is 5.92 Å². The van der Waals surface area contributed by atoms with Gasteiger partial charge in [0.05, 0.1) is 6.61 Å².